The van der Waals surface area contributed by atoms with Gasteiger partial charge in [-0.1, -0.05) is 11.3 Å². The summed E-state index contributed by atoms with van der Waals surface area (Å²) in [7, 11) is 0. The summed E-state index contributed by atoms with van der Waals surface area (Å²) in [5, 5.41) is 8.43. The number of rotatable bonds is 4. The van der Waals surface area contributed by atoms with Gasteiger partial charge in [0.1, 0.15) is 5.69 Å². The lowest BCUT2D eigenvalue weighted by Crippen LogP contribution is -2.50. The highest BCUT2D eigenvalue weighted by Crippen LogP contribution is 2.26. The second kappa shape index (κ2) is 7.04. The van der Waals surface area contributed by atoms with E-state index in [1.807, 2.05) is 26.7 Å². The van der Waals surface area contributed by atoms with Crippen molar-refractivity contribution in [2.45, 2.75) is 51.1 Å². The summed E-state index contributed by atoms with van der Waals surface area (Å²) in [6, 6.07) is 6.35. The second-order valence-corrected chi connectivity index (χ2v) is 8.16. The summed E-state index contributed by atoms with van der Waals surface area (Å²) in [4.78, 5) is 28.3. The highest BCUT2D eigenvalue weighted by atomic mass is 16.2. The van der Waals surface area contributed by atoms with E-state index in [1.54, 1.807) is 0 Å². The fourth-order valence-electron chi connectivity index (χ4n) is 4.47. The molecule has 1 aromatic heterocycles. The van der Waals surface area contributed by atoms with E-state index in [-0.39, 0.29) is 17.9 Å². The average molecular weight is 379 g/mol. The predicted octanol–water partition coefficient (Wildman–Crippen LogP) is 1.98. The Morgan fingerprint density at radius 2 is 1.89 bits per heavy atom. The summed E-state index contributed by atoms with van der Waals surface area (Å²) in [6.07, 6.45) is 8.16. The van der Waals surface area contributed by atoms with Crippen LogP contribution in [0.1, 0.15) is 58.9 Å². The van der Waals surface area contributed by atoms with Gasteiger partial charge in [0.2, 0.25) is 5.91 Å². The van der Waals surface area contributed by atoms with Crippen molar-refractivity contribution < 1.29 is 9.59 Å². The van der Waals surface area contributed by atoms with Crippen LogP contribution in [0.25, 0.3) is 0 Å². The molecule has 146 valence electrons. The average Bonchev–Trinajstić information content (AvgIpc) is 3.30. The van der Waals surface area contributed by atoms with E-state index in [1.165, 1.54) is 24.0 Å². The third kappa shape index (κ3) is 3.19. The molecule has 1 aliphatic carbocycles. The molecule has 3 heterocycles. The molecule has 3 aliphatic rings. The normalized spacial score (nSPS) is 19.6. The van der Waals surface area contributed by atoms with Crippen LogP contribution in [-0.4, -0.2) is 56.2 Å². The SMILES string of the molecule is O=C1CCCN1Cc1cn(C2CN(C(=O)c3ccc4c(c3)CCCC4)C2)nn1. The number of hydrogen-bond donors (Lipinski definition) is 0. The summed E-state index contributed by atoms with van der Waals surface area (Å²) in [5.41, 5.74) is 4.35. The van der Waals surface area contributed by atoms with Gasteiger partial charge < -0.3 is 9.80 Å². The molecule has 0 saturated carbocycles. The molecule has 2 fully saturated rings. The zero-order valence-corrected chi connectivity index (χ0v) is 16.0. The van der Waals surface area contributed by atoms with E-state index >= 15 is 0 Å². The number of fused-ring (bicyclic) bond motifs is 1. The maximum Gasteiger partial charge on any atom is 0.254 e. The smallest absolute Gasteiger partial charge is 0.254 e. The topological polar surface area (TPSA) is 71.3 Å². The molecule has 2 aromatic rings. The van der Waals surface area contributed by atoms with Gasteiger partial charge in [-0.3, -0.25) is 9.59 Å². The standard InChI is InChI=1S/C21H25N5O2/c27-20-6-3-9-24(20)11-18-12-26(23-22-18)19-13-25(14-19)21(28)17-8-7-15-4-1-2-5-16(15)10-17/h7-8,10,12,19H,1-6,9,11,13-14H2. The molecule has 2 saturated heterocycles. The predicted molar refractivity (Wildman–Crippen MR) is 103 cm³/mol. The number of amides is 2. The van der Waals surface area contributed by atoms with Gasteiger partial charge in [-0.15, -0.1) is 5.10 Å². The number of aromatic nitrogens is 3. The van der Waals surface area contributed by atoms with E-state index in [2.05, 4.69) is 22.4 Å². The van der Waals surface area contributed by atoms with Gasteiger partial charge >= 0.3 is 0 Å². The molecular formula is C21H25N5O2. The number of nitrogens with zero attached hydrogens (tertiary/aromatic N) is 5. The van der Waals surface area contributed by atoms with Crippen molar-refractivity contribution in [2.24, 2.45) is 0 Å². The third-order valence-electron chi connectivity index (χ3n) is 6.20. The number of aryl methyl sites for hydroxylation is 2. The van der Waals surface area contributed by atoms with Crippen LogP contribution >= 0.6 is 0 Å². The van der Waals surface area contributed by atoms with Gasteiger partial charge in [-0.05, 0) is 55.4 Å². The minimum absolute atomic E-state index is 0.104. The van der Waals surface area contributed by atoms with Crippen LogP contribution in [0.4, 0.5) is 0 Å². The number of carbonyl (C=O) groups is 2. The van der Waals surface area contributed by atoms with Gasteiger partial charge in [0, 0.05) is 31.6 Å². The molecule has 0 spiro atoms. The highest BCUT2D eigenvalue weighted by Gasteiger charge is 2.33. The first kappa shape index (κ1) is 17.4. The van der Waals surface area contributed by atoms with Crippen molar-refractivity contribution in [1.29, 1.82) is 0 Å². The van der Waals surface area contributed by atoms with Crippen molar-refractivity contribution in [2.75, 3.05) is 19.6 Å². The van der Waals surface area contributed by atoms with Gasteiger partial charge in [0.15, 0.2) is 0 Å². The zero-order valence-electron chi connectivity index (χ0n) is 16.0. The minimum atomic E-state index is 0.104. The first-order chi connectivity index (χ1) is 13.7. The molecule has 0 atom stereocenters. The van der Waals surface area contributed by atoms with Crippen molar-refractivity contribution in [3.05, 3.63) is 46.8 Å². The molecule has 0 bridgehead atoms. The molecule has 7 nitrogen and oxygen atoms in total. The molecule has 28 heavy (non-hydrogen) atoms. The van der Waals surface area contributed by atoms with Crippen LogP contribution in [0.5, 0.6) is 0 Å². The van der Waals surface area contributed by atoms with E-state index < -0.39 is 0 Å². The maximum atomic E-state index is 12.8. The largest absolute Gasteiger partial charge is 0.337 e. The van der Waals surface area contributed by atoms with E-state index in [4.69, 9.17) is 0 Å². The Hall–Kier alpha value is -2.70. The Bertz CT molecular complexity index is 915. The third-order valence-corrected chi connectivity index (χ3v) is 6.20. The lowest BCUT2D eigenvalue weighted by Gasteiger charge is -2.39. The molecular weight excluding hydrogens is 354 g/mol. The van der Waals surface area contributed by atoms with Crippen molar-refractivity contribution in [1.82, 2.24) is 24.8 Å². The van der Waals surface area contributed by atoms with Crippen LogP contribution in [0, 0.1) is 0 Å². The van der Waals surface area contributed by atoms with Crippen molar-refractivity contribution >= 4 is 11.8 Å². The van der Waals surface area contributed by atoms with Crippen LogP contribution < -0.4 is 0 Å². The maximum absolute atomic E-state index is 12.8. The first-order valence-corrected chi connectivity index (χ1v) is 10.3. The summed E-state index contributed by atoms with van der Waals surface area (Å²) in [6.45, 7) is 2.64. The molecule has 0 unspecified atom stereocenters. The Labute approximate surface area is 164 Å². The summed E-state index contributed by atoms with van der Waals surface area (Å²) < 4.78 is 1.84. The van der Waals surface area contributed by atoms with Gasteiger partial charge in [0.25, 0.3) is 5.91 Å². The number of benzene rings is 1. The van der Waals surface area contributed by atoms with Gasteiger partial charge in [-0.25, -0.2) is 4.68 Å². The molecule has 7 heteroatoms. The Morgan fingerprint density at radius 3 is 2.68 bits per heavy atom. The van der Waals surface area contributed by atoms with E-state index in [0.29, 0.717) is 26.1 Å². The summed E-state index contributed by atoms with van der Waals surface area (Å²) in [5.74, 6) is 0.299. The first-order valence-electron chi connectivity index (χ1n) is 10.3. The molecule has 0 radical (unpaired) electrons. The Balaban J connectivity index is 1.19. The van der Waals surface area contributed by atoms with Gasteiger partial charge in [0.05, 0.1) is 18.8 Å². The number of likely N-dealkylation sites (tertiary alicyclic amines) is 2. The van der Waals surface area contributed by atoms with Crippen LogP contribution in [0.3, 0.4) is 0 Å². The van der Waals surface area contributed by atoms with E-state index in [9.17, 15) is 9.59 Å². The molecule has 2 aliphatic heterocycles. The van der Waals surface area contributed by atoms with E-state index in [0.717, 1.165) is 37.1 Å². The van der Waals surface area contributed by atoms with Crippen molar-refractivity contribution in [3.8, 4) is 0 Å². The van der Waals surface area contributed by atoms with Crippen molar-refractivity contribution in [3.63, 3.8) is 0 Å². The second-order valence-electron chi connectivity index (χ2n) is 8.16. The van der Waals surface area contributed by atoms with Crippen LogP contribution in [0.2, 0.25) is 0 Å². The summed E-state index contributed by atoms with van der Waals surface area (Å²) >= 11 is 0. The molecule has 2 amide bonds. The molecule has 1 aromatic carbocycles. The highest BCUT2D eigenvalue weighted by molar-refractivity contribution is 5.95. The zero-order chi connectivity index (χ0) is 19.1. The fourth-order valence-corrected chi connectivity index (χ4v) is 4.47. The Kier molecular flexibility index (Phi) is 4.37. The quantitative estimate of drug-likeness (QED) is 0.814. The number of hydrogen-bond acceptors (Lipinski definition) is 4. The molecule has 5 rings (SSSR count). The lowest BCUT2D eigenvalue weighted by molar-refractivity contribution is -0.128. The Morgan fingerprint density at radius 1 is 1.07 bits per heavy atom. The number of carbonyl (C=O) groups excluding carboxylic acids is 2. The van der Waals surface area contributed by atoms with Crippen LogP contribution in [0.15, 0.2) is 24.4 Å². The fraction of sp³-hybridized carbons (Fsp3) is 0.524. The minimum Gasteiger partial charge on any atom is -0.337 e. The van der Waals surface area contributed by atoms with Gasteiger partial charge in [-0.2, -0.15) is 0 Å². The monoisotopic (exact) mass is 379 g/mol. The molecule has 0 N–H and O–H groups in total. The lowest BCUT2D eigenvalue weighted by atomic mass is 9.90. The van der Waals surface area contributed by atoms with Crippen LogP contribution in [-0.2, 0) is 24.2 Å².